The number of carbonyl (C=O) groups excluding carboxylic acids is 1. The number of hydrogen-bond donors (Lipinski definition) is 2. The van der Waals surface area contributed by atoms with Crippen molar-refractivity contribution < 1.29 is 9.53 Å². The first-order chi connectivity index (χ1) is 14.7. The zero-order valence-electron chi connectivity index (χ0n) is 17.6. The number of amides is 2. The molecule has 0 saturated heterocycles. The molecule has 7 heteroatoms. The summed E-state index contributed by atoms with van der Waals surface area (Å²) in [5.74, 6) is 2.74. The third kappa shape index (κ3) is 4.40. The Balaban J connectivity index is 1.39. The largest absolute Gasteiger partial charge is 0.497 e. The topological polar surface area (TPSA) is 81.1 Å². The van der Waals surface area contributed by atoms with E-state index >= 15 is 0 Å². The summed E-state index contributed by atoms with van der Waals surface area (Å²) in [6, 6.07) is 11.8. The molecule has 2 amide bonds. The summed E-state index contributed by atoms with van der Waals surface area (Å²) in [5.41, 5.74) is 1.05. The van der Waals surface area contributed by atoms with Crippen LogP contribution in [-0.2, 0) is 19.5 Å². The van der Waals surface area contributed by atoms with Crippen molar-refractivity contribution >= 4 is 16.8 Å². The van der Waals surface area contributed by atoms with E-state index in [-0.39, 0.29) is 12.1 Å². The average Bonchev–Trinajstić information content (AvgIpc) is 3.03. The number of rotatable bonds is 6. The van der Waals surface area contributed by atoms with Crippen molar-refractivity contribution in [3.8, 4) is 5.75 Å². The van der Waals surface area contributed by atoms with Crippen LogP contribution in [0.3, 0.4) is 0 Å². The van der Waals surface area contributed by atoms with Gasteiger partial charge in [-0.3, -0.25) is 0 Å². The van der Waals surface area contributed by atoms with E-state index < -0.39 is 0 Å². The van der Waals surface area contributed by atoms with Crippen LogP contribution in [0.25, 0.3) is 10.8 Å². The van der Waals surface area contributed by atoms with Gasteiger partial charge in [0, 0.05) is 19.5 Å². The molecule has 1 aromatic heterocycles. The van der Waals surface area contributed by atoms with Crippen LogP contribution in [0.5, 0.6) is 5.75 Å². The van der Waals surface area contributed by atoms with Crippen LogP contribution < -0.4 is 15.4 Å². The van der Waals surface area contributed by atoms with Gasteiger partial charge in [0.15, 0.2) is 5.82 Å². The lowest BCUT2D eigenvalue weighted by molar-refractivity contribution is 0.235. The molecule has 1 aliphatic heterocycles. The van der Waals surface area contributed by atoms with Gasteiger partial charge in [-0.05, 0) is 53.8 Å². The second kappa shape index (κ2) is 9.15. The Morgan fingerprint density at radius 3 is 2.80 bits per heavy atom. The number of ether oxygens (including phenoxy) is 1. The highest BCUT2D eigenvalue weighted by molar-refractivity contribution is 5.84. The maximum absolute atomic E-state index is 12.6. The number of nitrogens with one attached hydrogen (secondary N) is 2. The third-order valence-electron chi connectivity index (χ3n) is 5.73. The van der Waals surface area contributed by atoms with Gasteiger partial charge < -0.3 is 19.9 Å². The quantitative estimate of drug-likeness (QED) is 0.644. The first-order valence-corrected chi connectivity index (χ1v) is 10.7. The summed E-state index contributed by atoms with van der Waals surface area (Å²) in [4.78, 5) is 12.6. The molecule has 0 bridgehead atoms. The Morgan fingerprint density at radius 1 is 1.13 bits per heavy atom. The molecule has 7 nitrogen and oxygen atoms in total. The fourth-order valence-electron chi connectivity index (χ4n) is 4.02. The summed E-state index contributed by atoms with van der Waals surface area (Å²) in [5, 5.41) is 17.0. The summed E-state index contributed by atoms with van der Waals surface area (Å²) in [7, 11) is 1.67. The van der Waals surface area contributed by atoms with Crippen LogP contribution in [0.4, 0.5) is 4.79 Å². The second-order valence-corrected chi connectivity index (χ2v) is 7.77. The van der Waals surface area contributed by atoms with Gasteiger partial charge >= 0.3 is 6.03 Å². The molecule has 0 fully saturated rings. The molecule has 1 unspecified atom stereocenters. The molecule has 2 aromatic carbocycles. The molecule has 4 rings (SSSR count). The lowest BCUT2D eigenvalue weighted by Gasteiger charge is -2.18. The van der Waals surface area contributed by atoms with Gasteiger partial charge in [-0.15, -0.1) is 10.2 Å². The van der Waals surface area contributed by atoms with Gasteiger partial charge in [-0.2, -0.15) is 0 Å². The third-order valence-corrected chi connectivity index (χ3v) is 5.73. The maximum atomic E-state index is 12.6. The first-order valence-electron chi connectivity index (χ1n) is 10.7. The number of benzene rings is 2. The average molecular weight is 408 g/mol. The molecule has 1 aliphatic rings. The Morgan fingerprint density at radius 2 is 1.97 bits per heavy atom. The molecular weight excluding hydrogens is 378 g/mol. The molecule has 3 aromatic rings. The van der Waals surface area contributed by atoms with E-state index in [9.17, 15) is 4.79 Å². The van der Waals surface area contributed by atoms with E-state index in [2.05, 4.69) is 38.4 Å². The maximum Gasteiger partial charge on any atom is 0.315 e. The molecule has 30 heavy (non-hydrogen) atoms. The lowest BCUT2D eigenvalue weighted by Crippen LogP contribution is -2.38. The van der Waals surface area contributed by atoms with E-state index in [0.29, 0.717) is 6.54 Å². The zero-order chi connectivity index (χ0) is 20.9. The molecule has 0 saturated carbocycles. The monoisotopic (exact) mass is 407 g/mol. The fourth-order valence-corrected chi connectivity index (χ4v) is 4.02. The second-order valence-electron chi connectivity index (χ2n) is 7.77. The Bertz CT molecular complexity index is 1030. The van der Waals surface area contributed by atoms with Gasteiger partial charge in [0.2, 0.25) is 0 Å². The predicted octanol–water partition coefficient (Wildman–Crippen LogP) is 4.12. The predicted molar refractivity (Wildman–Crippen MR) is 116 cm³/mol. The van der Waals surface area contributed by atoms with Crippen molar-refractivity contribution in [2.45, 2.75) is 58.2 Å². The minimum atomic E-state index is -0.192. The summed E-state index contributed by atoms with van der Waals surface area (Å²) < 4.78 is 7.47. The van der Waals surface area contributed by atoms with Crippen LogP contribution in [0.15, 0.2) is 36.4 Å². The number of aromatic nitrogens is 3. The summed E-state index contributed by atoms with van der Waals surface area (Å²) in [6.07, 6.45) is 5.23. The Kier molecular flexibility index (Phi) is 6.16. The molecule has 2 N–H and O–H groups in total. The van der Waals surface area contributed by atoms with E-state index in [0.717, 1.165) is 66.0 Å². The molecule has 1 atom stereocenters. The van der Waals surface area contributed by atoms with Crippen molar-refractivity contribution in [2.75, 3.05) is 7.11 Å². The standard InChI is InChI=1S/C23H29N5O2/c1-3-20(22-27-26-21-7-5-4-6-12-28(21)22)25-23(29)24-15-16-8-9-18-14-19(30-2)11-10-17(18)13-16/h8-11,13-14,20H,3-7,12,15H2,1-2H3,(H2,24,25,29). The van der Waals surface area contributed by atoms with Crippen LogP contribution in [0.2, 0.25) is 0 Å². The molecular formula is C23H29N5O2. The number of fused-ring (bicyclic) bond motifs is 2. The van der Waals surface area contributed by atoms with Gasteiger partial charge in [0.25, 0.3) is 0 Å². The van der Waals surface area contributed by atoms with Crippen LogP contribution in [-0.4, -0.2) is 27.9 Å². The highest BCUT2D eigenvalue weighted by Crippen LogP contribution is 2.22. The molecule has 0 radical (unpaired) electrons. The smallest absolute Gasteiger partial charge is 0.315 e. The fraction of sp³-hybridized carbons (Fsp3) is 0.435. The summed E-state index contributed by atoms with van der Waals surface area (Å²) >= 11 is 0. The van der Waals surface area contributed by atoms with Crippen molar-refractivity contribution in [3.63, 3.8) is 0 Å². The Hall–Kier alpha value is -3.09. The minimum absolute atomic E-state index is 0.145. The number of urea groups is 1. The highest BCUT2D eigenvalue weighted by atomic mass is 16.5. The number of aryl methyl sites for hydroxylation is 1. The molecule has 0 spiro atoms. The van der Waals surface area contributed by atoms with Crippen molar-refractivity contribution in [1.82, 2.24) is 25.4 Å². The SMILES string of the molecule is CCC(NC(=O)NCc1ccc2cc(OC)ccc2c1)c1nnc2n1CCCCC2. The number of nitrogens with zero attached hydrogens (tertiary/aromatic N) is 3. The van der Waals surface area contributed by atoms with Crippen LogP contribution in [0, 0.1) is 0 Å². The highest BCUT2D eigenvalue weighted by Gasteiger charge is 2.22. The minimum Gasteiger partial charge on any atom is -0.497 e. The number of hydrogen-bond acceptors (Lipinski definition) is 4. The van der Waals surface area contributed by atoms with Gasteiger partial charge in [0.05, 0.1) is 13.2 Å². The number of carbonyl (C=O) groups is 1. The molecule has 158 valence electrons. The van der Waals surface area contributed by atoms with E-state index in [4.69, 9.17) is 4.74 Å². The zero-order valence-corrected chi connectivity index (χ0v) is 17.6. The van der Waals surface area contributed by atoms with Crippen molar-refractivity contribution in [2.24, 2.45) is 0 Å². The van der Waals surface area contributed by atoms with E-state index in [1.54, 1.807) is 7.11 Å². The van der Waals surface area contributed by atoms with Gasteiger partial charge in [-0.25, -0.2) is 4.79 Å². The Labute approximate surface area is 176 Å². The van der Waals surface area contributed by atoms with Crippen molar-refractivity contribution in [3.05, 3.63) is 53.6 Å². The van der Waals surface area contributed by atoms with Gasteiger partial charge in [0.1, 0.15) is 11.6 Å². The van der Waals surface area contributed by atoms with Gasteiger partial charge in [-0.1, -0.05) is 31.5 Å². The van der Waals surface area contributed by atoms with Crippen molar-refractivity contribution in [1.29, 1.82) is 0 Å². The van der Waals surface area contributed by atoms with Crippen LogP contribution >= 0.6 is 0 Å². The van der Waals surface area contributed by atoms with Crippen LogP contribution in [0.1, 0.15) is 55.9 Å². The number of methoxy groups -OCH3 is 1. The molecule has 2 heterocycles. The van der Waals surface area contributed by atoms with E-state index in [1.807, 2.05) is 30.3 Å². The van der Waals surface area contributed by atoms with E-state index in [1.165, 1.54) is 6.42 Å². The molecule has 0 aliphatic carbocycles. The lowest BCUT2D eigenvalue weighted by atomic mass is 10.1. The normalized spacial score (nSPS) is 14.6. The first kappa shape index (κ1) is 20.2. The summed E-state index contributed by atoms with van der Waals surface area (Å²) in [6.45, 7) is 3.45.